The molecule has 0 bridgehead atoms. The van der Waals surface area contributed by atoms with Gasteiger partial charge in [-0.25, -0.2) is 4.79 Å². The van der Waals surface area contributed by atoms with Gasteiger partial charge in [0.25, 0.3) is 0 Å². The molecular formula is C21H23IO6. The van der Waals surface area contributed by atoms with Gasteiger partial charge in [0.05, 0.1) is 16.8 Å². The maximum atomic E-state index is 12.8. The average Bonchev–Trinajstić information content (AvgIpc) is 2.64. The highest BCUT2D eigenvalue weighted by Crippen LogP contribution is 2.45. The van der Waals surface area contributed by atoms with Crippen LogP contribution < -0.4 is 9.47 Å². The van der Waals surface area contributed by atoms with Crippen molar-refractivity contribution in [3.63, 3.8) is 0 Å². The summed E-state index contributed by atoms with van der Waals surface area (Å²) in [5.74, 6) is 0.341. The van der Waals surface area contributed by atoms with Crippen LogP contribution >= 0.6 is 22.6 Å². The van der Waals surface area contributed by atoms with E-state index >= 15 is 0 Å². The maximum Gasteiger partial charge on any atom is 0.346 e. The second kappa shape index (κ2) is 8.16. The number of esters is 1. The molecule has 0 saturated heterocycles. The first-order valence-electron chi connectivity index (χ1n) is 8.99. The van der Waals surface area contributed by atoms with Crippen molar-refractivity contribution in [3.8, 4) is 23.0 Å². The minimum absolute atomic E-state index is 0.00221. The summed E-state index contributed by atoms with van der Waals surface area (Å²) in [7, 11) is 1.44. The zero-order chi connectivity index (χ0) is 20.6. The Morgan fingerprint density at radius 2 is 2.04 bits per heavy atom. The van der Waals surface area contributed by atoms with Crippen LogP contribution in [0.1, 0.15) is 53.4 Å². The molecule has 1 heterocycles. The van der Waals surface area contributed by atoms with E-state index < -0.39 is 12.1 Å². The van der Waals surface area contributed by atoms with Crippen molar-refractivity contribution in [2.75, 3.05) is 7.11 Å². The van der Waals surface area contributed by atoms with Gasteiger partial charge in [-0.3, -0.25) is 0 Å². The number of cyclic esters (lactones) is 1. The molecule has 0 saturated carbocycles. The van der Waals surface area contributed by atoms with Gasteiger partial charge in [-0.15, -0.1) is 0 Å². The van der Waals surface area contributed by atoms with Crippen LogP contribution in [-0.2, 0) is 11.3 Å². The number of aromatic hydroxyl groups is 1. The Balaban J connectivity index is 2.16. The minimum atomic E-state index is -0.789. The fraction of sp³-hybridized carbons (Fsp3) is 0.381. The zero-order valence-corrected chi connectivity index (χ0v) is 18.4. The quantitative estimate of drug-likeness (QED) is 0.463. The topological polar surface area (TPSA) is 85.2 Å². The van der Waals surface area contributed by atoms with Crippen LogP contribution in [0.25, 0.3) is 0 Å². The standard InChI is InChI=1S/C21H23IO6/c1-10(2)7-14(23)13-5-6-15-16(20(13)26-4)21(25)27-9-12-8-11(3)17(22)18(24)19(12)28-15/h5-6,8,10,14,23-24H,7,9H2,1-4H3. The number of hydrogen-bond acceptors (Lipinski definition) is 6. The van der Waals surface area contributed by atoms with Gasteiger partial charge >= 0.3 is 5.97 Å². The van der Waals surface area contributed by atoms with Gasteiger partial charge in [-0.1, -0.05) is 13.8 Å². The van der Waals surface area contributed by atoms with E-state index in [2.05, 4.69) is 0 Å². The smallest absolute Gasteiger partial charge is 0.346 e. The highest BCUT2D eigenvalue weighted by Gasteiger charge is 2.30. The van der Waals surface area contributed by atoms with E-state index in [1.54, 1.807) is 12.1 Å². The molecule has 7 heteroatoms. The number of carbonyl (C=O) groups is 1. The molecule has 3 rings (SSSR count). The molecule has 0 aliphatic carbocycles. The minimum Gasteiger partial charge on any atom is -0.503 e. The summed E-state index contributed by atoms with van der Waals surface area (Å²) in [4.78, 5) is 12.8. The second-order valence-electron chi connectivity index (χ2n) is 7.23. The lowest BCUT2D eigenvalue weighted by Gasteiger charge is -2.24. The Morgan fingerprint density at radius 1 is 1.32 bits per heavy atom. The highest BCUT2D eigenvalue weighted by molar-refractivity contribution is 14.1. The summed E-state index contributed by atoms with van der Waals surface area (Å²) < 4.78 is 17.5. The number of aryl methyl sites for hydroxylation is 1. The molecule has 0 spiro atoms. The molecule has 1 aliphatic rings. The van der Waals surface area contributed by atoms with Gasteiger partial charge in [0.1, 0.15) is 23.7 Å². The van der Waals surface area contributed by atoms with Crippen LogP contribution in [0.5, 0.6) is 23.0 Å². The third kappa shape index (κ3) is 3.77. The van der Waals surface area contributed by atoms with Gasteiger partial charge in [0.15, 0.2) is 11.5 Å². The van der Waals surface area contributed by atoms with E-state index in [0.29, 0.717) is 21.1 Å². The van der Waals surface area contributed by atoms with E-state index in [1.807, 2.05) is 49.4 Å². The Hall–Kier alpha value is -2.00. The first-order chi connectivity index (χ1) is 13.2. The van der Waals surface area contributed by atoms with E-state index in [-0.39, 0.29) is 41.1 Å². The van der Waals surface area contributed by atoms with Gasteiger partial charge in [-0.05, 0) is 65.6 Å². The Morgan fingerprint density at radius 3 is 2.68 bits per heavy atom. The lowest BCUT2D eigenvalue weighted by atomic mass is 9.96. The van der Waals surface area contributed by atoms with E-state index in [4.69, 9.17) is 14.2 Å². The number of benzene rings is 2. The second-order valence-corrected chi connectivity index (χ2v) is 8.31. The molecule has 0 aromatic heterocycles. The number of ether oxygens (including phenoxy) is 3. The van der Waals surface area contributed by atoms with Crippen molar-refractivity contribution in [3.05, 3.63) is 44.0 Å². The lowest BCUT2D eigenvalue weighted by molar-refractivity contribution is 0.0453. The fourth-order valence-electron chi connectivity index (χ4n) is 3.29. The number of halogens is 1. The summed E-state index contributed by atoms with van der Waals surface area (Å²) in [6.07, 6.45) is -0.269. The molecule has 2 aromatic carbocycles. The predicted octanol–water partition coefficient (Wildman–Crippen LogP) is 4.86. The molecule has 1 unspecified atom stereocenters. The molecule has 2 aromatic rings. The Kier molecular flexibility index (Phi) is 6.04. The van der Waals surface area contributed by atoms with Crippen molar-refractivity contribution >= 4 is 28.6 Å². The van der Waals surface area contributed by atoms with Crippen LogP contribution in [0.3, 0.4) is 0 Å². The zero-order valence-electron chi connectivity index (χ0n) is 16.2. The number of phenols is 1. The predicted molar refractivity (Wildman–Crippen MR) is 112 cm³/mol. The van der Waals surface area contributed by atoms with Crippen LogP contribution in [0.15, 0.2) is 18.2 Å². The summed E-state index contributed by atoms with van der Waals surface area (Å²) in [5, 5.41) is 21.1. The summed E-state index contributed by atoms with van der Waals surface area (Å²) in [6.45, 7) is 5.83. The van der Waals surface area contributed by atoms with Crippen LogP contribution in [-0.4, -0.2) is 23.3 Å². The van der Waals surface area contributed by atoms with Crippen molar-refractivity contribution in [2.45, 2.75) is 39.9 Å². The van der Waals surface area contributed by atoms with Crippen LogP contribution in [0.4, 0.5) is 0 Å². The Labute approximate surface area is 177 Å². The van der Waals surface area contributed by atoms with E-state index in [0.717, 1.165) is 5.56 Å². The number of aliphatic hydroxyl groups excluding tert-OH is 1. The summed E-state index contributed by atoms with van der Waals surface area (Å²) >= 11 is 2.04. The van der Waals surface area contributed by atoms with Crippen molar-refractivity contribution in [1.82, 2.24) is 0 Å². The molecule has 28 heavy (non-hydrogen) atoms. The number of methoxy groups -OCH3 is 1. The van der Waals surface area contributed by atoms with Crippen LogP contribution in [0.2, 0.25) is 0 Å². The number of rotatable bonds is 4. The first-order valence-corrected chi connectivity index (χ1v) is 10.1. The highest BCUT2D eigenvalue weighted by atomic mass is 127. The van der Waals surface area contributed by atoms with Gasteiger partial charge < -0.3 is 24.4 Å². The summed E-state index contributed by atoms with van der Waals surface area (Å²) in [6, 6.07) is 5.10. The van der Waals surface area contributed by atoms with E-state index in [9.17, 15) is 15.0 Å². The van der Waals surface area contributed by atoms with Gasteiger partial charge in [-0.2, -0.15) is 0 Å². The van der Waals surface area contributed by atoms with Crippen molar-refractivity contribution < 1.29 is 29.2 Å². The number of phenolic OH excluding ortho intramolecular Hbond substituents is 1. The third-order valence-electron chi connectivity index (χ3n) is 4.63. The van der Waals surface area contributed by atoms with Crippen molar-refractivity contribution in [1.29, 1.82) is 0 Å². The van der Waals surface area contributed by atoms with Gasteiger partial charge in [0.2, 0.25) is 0 Å². The third-order valence-corrected chi connectivity index (χ3v) is 6.00. The first kappa shape index (κ1) is 20.7. The molecule has 1 atom stereocenters. The fourth-order valence-corrected chi connectivity index (χ4v) is 3.69. The van der Waals surface area contributed by atoms with Gasteiger partial charge in [0, 0.05) is 11.1 Å². The Bertz CT molecular complexity index is 922. The number of aliphatic hydroxyl groups is 1. The largest absolute Gasteiger partial charge is 0.503 e. The lowest BCUT2D eigenvalue weighted by Crippen LogP contribution is -2.15. The number of hydrogen-bond donors (Lipinski definition) is 2. The molecule has 2 N–H and O–H groups in total. The normalized spacial score (nSPS) is 14.3. The number of fused-ring (bicyclic) bond motifs is 2. The molecule has 0 fully saturated rings. The molecule has 0 radical (unpaired) electrons. The molecule has 150 valence electrons. The monoisotopic (exact) mass is 498 g/mol. The van der Waals surface area contributed by atoms with Crippen LogP contribution in [0, 0.1) is 16.4 Å². The van der Waals surface area contributed by atoms with Crippen molar-refractivity contribution in [2.24, 2.45) is 5.92 Å². The molecule has 1 aliphatic heterocycles. The molecule has 0 amide bonds. The van der Waals surface area contributed by atoms with E-state index in [1.165, 1.54) is 7.11 Å². The summed E-state index contributed by atoms with van der Waals surface area (Å²) in [5.41, 5.74) is 2.04. The maximum absolute atomic E-state index is 12.8. The molecular weight excluding hydrogens is 475 g/mol. The average molecular weight is 498 g/mol. The SMILES string of the molecule is COc1c(C(O)CC(C)C)ccc2c1C(=O)OCc1cc(C)c(I)c(O)c1O2. The number of carbonyl (C=O) groups excluding carboxylic acids is 1. The molecule has 6 nitrogen and oxygen atoms in total.